The monoisotopic (exact) mass is 479 g/mol. The Bertz CT molecular complexity index is 1050. The van der Waals surface area contributed by atoms with Gasteiger partial charge in [0.2, 0.25) is 18.6 Å². The van der Waals surface area contributed by atoms with Crippen LogP contribution in [-0.2, 0) is 16.0 Å². The molecule has 3 amide bonds. The Hall–Kier alpha value is -3.55. The van der Waals surface area contributed by atoms with Crippen LogP contribution in [0, 0.1) is 5.92 Å². The van der Waals surface area contributed by atoms with Crippen LogP contribution in [0.5, 0.6) is 11.5 Å². The lowest BCUT2D eigenvalue weighted by molar-refractivity contribution is -0.132. The topological polar surface area (TPSA) is 97.0 Å². The van der Waals surface area contributed by atoms with Gasteiger partial charge < -0.3 is 25.0 Å². The van der Waals surface area contributed by atoms with Crippen molar-refractivity contribution in [2.45, 2.75) is 51.6 Å². The summed E-state index contributed by atoms with van der Waals surface area (Å²) in [5, 5.41) is 5.97. The van der Waals surface area contributed by atoms with E-state index in [1.54, 1.807) is 18.2 Å². The highest BCUT2D eigenvalue weighted by atomic mass is 16.7. The van der Waals surface area contributed by atoms with Gasteiger partial charge in [-0.3, -0.25) is 14.4 Å². The number of hydrogen-bond acceptors (Lipinski definition) is 5. The molecule has 0 aromatic heterocycles. The van der Waals surface area contributed by atoms with Crippen molar-refractivity contribution in [3.8, 4) is 11.5 Å². The van der Waals surface area contributed by atoms with Crippen LogP contribution in [0.3, 0.4) is 0 Å². The molecule has 2 unspecified atom stereocenters. The van der Waals surface area contributed by atoms with Gasteiger partial charge in [-0.25, -0.2) is 0 Å². The molecule has 186 valence electrons. The van der Waals surface area contributed by atoms with E-state index in [-0.39, 0.29) is 36.5 Å². The fourth-order valence-corrected chi connectivity index (χ4v) is 4.46. The molecule has 0 bridgehead atoms. The Balaban J connectivity index is 1.41. The first-order chi connectivity index (χ1) is 16.9. The van der Waals surface area contributed by atoms with Gasteiger partial charge in [-0.05, 0) is 55.9 Å². The number of ether oxygens (including phenoxy) is 2. The number of amides is 3. The third-order valence-electron chi connectivity index (χ3n) is 6.77. The summed E-state index contributed by atoms with van der Waals surface area (Å²) >= 11 is 0. The minimum absolute atomic E-state index is 0.0000143. The number of nitrogens with zero attached hydrogens (tertiary/aromatic N) is 1. The molecule has 0 spiro atoms. The minimum atomic E-state index is -0.687. The molecule has 2 aromatic rings. The fraction of sp³-hybridized carbons (Fsp3) is 0.444. The summed E-state index contributed by atoms with van der Waals surface area (Å²) in [5.41, 5.74) is 1.40. The number of carbonyl (C=O) groups is 3. The molecule has 2 N–H and O–H groups in total. The van der Waals surface area contributed by atoms with Crippen LogP contribution >= 0.6 is 0 Å². The largest absolute Gasteiger partial charge is 0.454 e. The maximum Gasteiger partial charge on any atom is 0.252 e. The molecular formula is C27H33N3O5. The normalized spacial score (nSPS) is 16.9. The van der Waals surface area contributed by atoms with Crippen LogP contribution in [0.15, 0.2) is 48.5 Å². The quantitative estimate of drug-likeness (QED) is 0.607. The summed E-state index contributed by atoms with van der Waals surface area (Å²) in [6, 6.07) is 14.0. The molecule has 4 rings (SSSR count). The predicted molar refractivity (Wildman–Crippen MR) is 131 cm³/mol. The SMILES string of the molecule is CCC(C)NC(=O)C(NC(=O)c1ccc2c(c1)OCO2)C1CCN(C(=O)Cc2ccccc2)CC1. The van der Waals surface area contributed by atoms with Gasteiger partial charge in [0, 0.05) is 24.7 Å². The summed E-state index contributed by atoms with van der Waals surface area (Å²) in [6.07, 6.45) is 2.44. The number of likely N-dealkylation sites (tertiary alicyclic amines) is 1. The first-order valence-corrected chi connectivity index (χ1v) is 12.3. The van der Waals surface area contributed by atoms with E-state index in [0.29, 0.717) is 49.4 Å². The number of carbonyl (C=O) groups excluding carboxylic acids is 3. The van der Waals surface area contributed by atoms with Crippen LogP contribution < -0.4 is 20.1 Å². The molecule has 8 heteroatoms. The van der Waals surface area contributed by atoms with Gasteiger partial charge in [0.25, 0.3) is 5.91 Å². The average Bonchev–Trinajstić information content (AvgIpc) is 3.35. The highest BCUT2D eigenvalue weighted by molar-refractivity contribution is 5.98. The van der Waals surface area contributed by atoms with Crippen LogP contribution in [0.1, 0.15) is 49.0 Å². The van der Waals surface area contributed by atoms with Gasteiger partial charge in [0.1, 0.15) is 6.04 Å². The molecule has 2 aliphatic rings. The van der Waals surface area contributed by atoms with Crippen molar-refractivity contribution in [2.75, 3.05) is 19.9 Å². The number of fused-ring (bicyclic) bond motifs is 1. The number of nitrogens with one attached hydrogen (secondary N) is 2. The average molecular weight is 480 g/mol. The fourth-order valence-electron chi connectivity index (χ4n) is 4.46. The van der Waals surface area contributed by atoms with Crippen molar-refractivity contribution in [2.24, 2.45) is 5.92 Å². The summed E-state index contributed by atoms with van der Waals surface area (Å²) in [7, 11) is 0. The van der Waals surface area contributed by atoms with Gasteiger partial charge in [0.05, 0.1) is 6.42 Å². The Morgan fingerprint density at radius 3 is 2.43 bits per heavy atom. The second-order valence-corrected chi connectivity index (χ2v) is 9.22. The van der Waals surface area contributed by atoms with Gasteiger partial charge in [0.15, 0.2) is 11.5 Å². The second-order valence-electron chi connectivity index (χ2n) is 9.22. The van der Waals surface area contributed by atoms with Crippen molar-refractivity contribution < 1.29 is 23.9 Å². The molecule has 2 heterocycles. The van der Waals surface area contributed by atoms with Crippen molar-refractivity contribution in [3.63, 3.8) is 0 Å². The van der Waals surface area contributed by atoms with E-state index in [9.17, 15) is 14.4 Å². The van der Waals surface area contributed by atoms with Gasteiger partial charge in [-0.2, -0.15) is 0 Å². The number of benzene rings is 2. The zero-order valence-electron chi connectivity index (χ0n) is 20.3. The lowest BCUT2D eigenvalue weighted by atomic mass is 9.88. The molecule has 0 radical (unpaired) electrons. The van der Waals surface area contributed by atoms with Gasteiger partial charge >= 0.3 is 0 Å². The molecule has 0 saturated carbocycles. The maximum absolute atomic E-state index is 13.2. The summed E-state index contributed by atoms with van der Waals surface area (Å²) < 4.78 is 10.7. The van der Waals surface area contributed by atoms with Crippen molar-refractivity contribution in [1.29, 1.82) is 0 Å². The van der Waals surface area contributed by atoms with Crippen LogP contribution in [0.25, 0.3) is 0 Å². The Kier molecular flexibility index (Phi) is 7.90. The Labute approximate surface area is 206 Å². The Morgan fingerprint density at radius 2 is 1.71 bits per heavy atom. The van der Waals surface area contributed by atoms with Crippen molar-refractivity contribution >= 4 is 17.7 Å². The molecule has 2 aromatic carbocycles. The van der Waals surface area contributed by atoms with E-state index < -0.39 is 6.04 Å². The number of hydrogen-bond donors (Lipinski definition) is 2. The first kappa shape index (κ1) is 24.6. The molecule has 35 heavy (non-hydrogen) atoms. The van der Waals surface area contributed by atoms with E-state index in [1.807, 2.05) is 49.1 Å². The molecule has 8 nitrogen and oxygen atoms in total. The predicted octanol–water partition coefficient (Wildman–Crippen LogP) is 2.91. The van der Waals surface area contributed by atoms with E-state index in [0.717, 1.165) is 12.0 Å². The molecule has 2 atom stereocenters. The van der Waals surface area contributed by atoms with E-state index in [1.165, 1.54) is 0 Å². The van der Waals surface area contributed by atoms with Crippen LogP contribution in [0.4, 0.5) is 0 Å². The molecule has 2 aliphatic heterocycles. The number of piperidine rings is 1. The molecule has 1 saturated heterocycles. The first-order valence-electron chi connectivity index (χ1n) is 12.3. The number of rotatable bonds is 8. The second kappa shape index (κ2) is 11.3. The lowest BCUT2D eigenvalue weighted by Crippen LogP contribution is -2.55. The van der Waals surface area contributed by atoms with E-state index in [2.05, 4.69) is 10.6 Å². The zero-order valence-corrected chi connectivity index (χ0v) is 20.3. The smallest absolute Gasteiger partial charge is 0.252 e. The minimum Gasteiger partial charge on any atom is -0.454 e. The summed E-state index contributed by atoms with van der Waals surface area (Å²) in [5.74, 6) is 0.596. The Morgan fingerprint density at radius 1 is 1.00 bits per heavy atom. The zero-order chi connectivity index (χ0) is 24.8. The van der Waals surface area contributed by atoms with Crippen LogP contribution in [0.2, 0.25) is 0 Å². The van der Waals surface area contributed by atoms with Gasteiger partial charge in [-0.15, -0.1) is 0 Å². The lowest BCUT2D eigenvalue weighted by Gasteiger charge is -2.36. The van der Waals surface area contributed by atoms with Gasteiger partial charge in [-0.1, -0.05) is 37.3 Å². The third kappa shape index (κ3) is 6.12. The standard InChI is InChI=1S/C27H33N3O5/c1-3-18(2)28-27(33)25(29-26(32)21-9-10-22-23(16-21)35-17-34-22)20-11-13-30(14-12-20)24(31)15-19-7-5-4-6-8-19/h4-10,16,18,20,25H,3,11-15,17H2,1-2H3,(H,28,33)(H,29,32). The molecule has 0 aliphatic carbocycles. The summed E-state index contributed by atoms with van der Waals surface area (Å²) in [6.45, 7) is 5.19. The third-order valence-corrected chi connectivity index (χ3v) is 6.77. The molecular weight excluding hydrogens is 446 g/mol. The highest BCUT2D eigenvalue weighted by Crippen LogP contribution is 2.32. The van der Waals surface area contributed by atoms with Crippen LogP contribution in [-0.4, -0.2) is 54.6 Å². The van der Waals surface area contributed by atoms with E-state index in [4.69, 9.17) is 9.47 Å². The van der Waals surface area contributed by atoms with E-state index >= 15 is 0 Å². The highest BCUT2D eigenvalue weighted by Gasteiger charge is 2.34. The maximum atomic E-state index is 13.2. The summed E-state index contributed by atoms with van der Waals surface area (Å²) in [4.78, 5) is 40.9. The molecule has 1 fully saturated rings. The van der Waals surface area contributed by atoms with Crippen molar-refractivity contribution in [3.05, 3.63) is 59.7 Å². The van der Waals surface area contributed by atoms with Crippen molar-refractivity contribution in [1.82, 2.24) is 15.5 Å².